The lowest BCUT2D eigenvalue weighted by atomic mass is 10.1. The van der Waals surface area contributed by atoms with Crippen molar-refractivity contribution in [1.82, 2.24) is 20.1 Å². The van der Waals surface area contributed by atoms with Gasteiger partial charge in [-0.25, -0.2) is 4.98 Å². The molecule has 0 saturated carbocycles. The molecule has 0 saturated heterocycles. The number of amides is 1. The Kier molecular flexibility index (Phi) is 8.32. The number of methoxy groups -OCH3 is 3. The van der Waals surface area contributed by atoms with Gasteiger partial charge in [0.05, 0.1) is 33.2 Å². The molecule has 1 amide bonds. The summed E-state index contributed by atoms with van der Waals surface area (Å²) in [7, 11) is 6.50. The number of aryl methyl sites for hydroxylation is 1. The summed E-state index contributed by atoms with van der Waals surface area (Å²) in [4.78, 5) is 17.3. The van der Waals surface area contributed by atoms with E-state index in [-0.39, 0.29) is 18.6 Å². The van der Waals surface area contributed by atoms with E-state index in [4.69, 9.17) is 18.9 Å². The van der Waals surface area contributed by atoms with E-state index in [9.17, 15) is 4.79 Å². The summed E-state index contributed by atoms with van der Waals surface area (Å²) in [6.07, 6.45) is 4.95. The van der Waals surface area contributed by atoms with Gasteiger partial charge in [0, 0.05) is 37.6 Å². The van der Waals surface area contributed by atoms with Crippen LogP contribution in [0.2, 0.25) is 0 Å². The molecule has 2 aromatic carbocycles. The molecule has 10 nitrogen and oxygen atoms in total. The molecule has 38 heavy (non-hydrogen) atoms. The molecule has 0 aliphatic rings. The van der Waals surface area contributed by atoms with E-state index in [1.165, 1.54) is 0 Å². The largest absolute Gasteiger partial charge is 0.493 e. The molecule has 2 N–H and O–H groups in total. The molecular formula is C28H31N5O5. The Balaban J connectivity index is 1.41. The first-order valence-corrected chi connectivity index (χ1v) is 12.0. The van der Waals surface area contributed by atoms with Gasteiger partial charge in [0.1, 0.15) is 17.7 Å². The second kappa shape index (κ2) is 12.0. The number of carbonyl (C=O) groups is 1. The number of nitrogens with zero attached hydrogens (tertiary/aromatic N) is 3. The molecule has 1 atom stereocenters. The number of nitrogens with one attached hydrogen (secondary N) is 2. The van der Waals surface area contributed by atoms with Gasteiger partial charge in [-0.3, -0.25) is 9.48 Å². The molecule has 4 aromatic rings. The Morgan fingerprint density at radius 2 is 1.79 bits per heavy atom. The van der Waals surface area contributed by atoms with E-state index in [1.807, 2.05) is 44.4 Å². The molecule has 0 fully saturated rings. The molecule has 0 spiro atoms. The highest BCUT2D eigenvalue weighted by atomic mass is 16.5. The van der Waals surface area contributed by atoms with Gasteiger partial charge in [0.15, 0.2) is 11.5 Å². The molecule has 0 aliphatic heterocycles. The minimum Gasteiger partial charge on any atom is -0.493 e. The topological polar surface area (TPSA) is 109 Å². The fourth-order valence-corrected chi connectivity index (χ4v) is 3.91. The summed E-state index contributed by atoms with van der Waals surface area (Å²) in [6, 6.07) is 14.6. The van der Waals surface area contributed by atoms with Gasteiger partial charge >= 0.3 is 0 Å². The normalized spacial score (nSPS) is 11.4. The number of benzene rings is 2. The van der Waals surface area contributed by atoms with Crippen molar-refractivity contribution in [2.24, 2.45) is 7.05 Å². The average Bonchev–Trinajstić information content (AvgIpc) is 3.35. The van der Waals surface area contributed by atoms with Crippen molar-refractivity contribution in [2.45, 2.75) is 19.6 Å². The molecular weight excluding hydrogens is 486 g/mol. The number of carbonyl (C=O) groups excluding carboxylic acids is 1. The maximum Gasteiger partial charge on any atom is 0.251 e. The highest BCUT2D eigenvalue weighted by Gasteiger charge is 2.15. The SMILES string of the molecule is COc1cc(CNC(=O)c2cccc(C(C)Oc3ccnc(Nc4cnn(C)c4)c3)c2)cc(OC)c1OC. The van der Waals surface area contributed by atoms with Gasteiger partial charge in [-0.2, -0.15) is 5.10 Å². The van der Waals surface area contributed by atoms with Crippen molar-refractivity contribution in [2.75, 3.05) is 26.6 Å². The van der Waals surface area contributed by atoms with E-state index in [0.29, 0.717) is 34.4 Å². The molecule has 10 heteroatoms. The first-order valence-electron chi connectivity index (χ1n) is 12.0. The summed E-state index contributed by atoms with van der Waals surface area (Å²) >= 11 is 0. The van der Waals surface area contributed by atoms with Crippen molar-refractivity contribution in [3.63, 3.8) is 0 Å². The number of hydrogen-bond donors (Lipinski definition) is 2. The van der Waals surface area contributed by atoms with Gasteiger partial charge < -0.3 is 29.6 Å². The number of pyridine rings is 1. The lowest BCUT2D eigenvalue weighted by Crippen LogP contribution is -2.23. The molecule has 1 unspecified atom stereocenters. The zero-order valence-electron chi connectivity index (χ0n) is 22.0. The van der Waals surface area contributed by atoms with E-state index >= 15 is 0 Å². The molecule has 0 aliphatic carbocycles. The van der Waals surface area contributed by atoms with Crippen LogP contribution in [0.5, 0.6) is 23.0 Å². The summed E-state index contributed by atoms with van der Waals surface area (Å²) in [5, 5.41) is 10.3. The van der Waals surface area contributed by atoms with Crippen molar-refractivity contribution < 1.29 is 23.7 Å². The third-order valence-corrected chi connectivity index (χ3v) is 5.82. The highest BCUT2D eigenvalue weighted by Crippen LogP contribution is 2.38. The van der Waals surface area contributed by atoms with Gasteiger partial charge in [0.25, 0.3) is 5.91 Å². The molecule has 198 valence electrons. The van der Waals surface area contributed by atoms with Gasteiger partial charge in [-0.15, -0.1) is 0 Å². The lowest BCUT2D eigenvalue weighted by Gasteiger charge is -2.17. The van der Waals surface area contributed by atoms with Crippen molar-refractivity contribution >= 4 is 17.4 Å². The van der Waals surface area contributed by atoms with Gasteiger partial charge in [0.2, 0.25) is 5.75 Å². The number of hydrogen-bond acceptors (Lipinski definition) is 8. The number of ether oxygens (including phenoxy) is 4. The smallest absolute Gasteiger partial charge is 0.251 e. The monoisotopic (exact) mass is 517 g/mol. The third kappa shape index (κ3) is 6.33. The van der Waals surface area contributed by atoms with Crippen LogP contribution in [0.3, 0.4) is 0 Å². The van der Waals surface area contributed by atoms with E-state index in [2.05, 4.69) is 20.7 Å². The Morgan fingerprint density at radius 3 is 2.45 bits per heavy atom. The van der Waals surface area contributed by atoms with Crippen LogP contribution in [0.25, 0.3) is 0 Å². The minimum atomic E-state index is -0.300. The molecule has 2 aromatic heterocycles. The number of aromatic nitrogens is 3. The second-order valence-electron chi connectivity index (χ2n) is 8.51. The quantitative estimate of drug-likeness (QED) is 0.296. The standard InChI is InChI=1S/C28H31N5O5/c1-18(38-23-9-10-29-26(14-23)32-22-16-31-33(2)17-22)20-7-6-8-21(13-20)28(34)30-15-19-11-24(35-3)27(37-5)25(12-19)36-4/h6-14,16-18H,15H2,1-5H3,(H,29,32)(H,30,34). The number of anilines is 2. The number of rotatable bonds is 11. The van der Waals surface area contributed by atoms with Crippen LogP contribution < -0.4 is 29.6 Å². The molecule has 2 heterocycles. The van der Waals surface area contributed by atoms with Crippen LogP contribution in [-0.2, 0) is 13.6 Å². The first-order chi connectivity index (χ1) is 18.4. The summed E-state index contributed by atoms with van der Waals surface area (Å²) < 4.78 is 24.0. The van der Waals surface area contributed by atoms with E-state index < -0.39 is 0 Å². The predicted octanol–water partition coefficient (Wildman–Crippen LogP) is 4.65. The summed E-state index contributed by atoms with van der Waals surface area (Å²) in [6.45, 7) is 2.22. The van der Waals surface area contributed by atoms with Crippen LogP contribution in [0, 0.1) is 0 Å². The fourth-order valence-electron chi connectivity index (χ4n) is 3.91. The molecule has 0 bridgehead atoms. The van der Waals surface area contributed by atoms with E-state index in [1.54, 1.807) is 62.7 Å². The third-order valence-electron chi connectivity index (χ3n) is 5.82. The first kappa shape index (κ1) is 26.3. The van der Waals surface area contributed by atoms with Crippen molar-refractivity contribution in [3.8, 4) is 23.0 Å². The molecule has 0 radical (unpaired) electrons. The highest BCUT2D eigenvalue weighted by molar-refractivity contribution is 5.94. The molecule has 4 rings (SSSR count). The lowest BCUT2D eigenvalue weighted by molar-refractivity contribution is 0.0950. The van der Waals surface area contributed by atoms with Gasteiger partial charge in [-0.05, 0) is 48.4 Å². The van der Waals surface area contributed by atoms with Crippen LogP contribution in [0.1, 0.15) is 34.5 Å². The maximum absolute atomic E-state index is 12.9. The summed E-state index contributed by atoms with van der Waals surface area (Å²) in [5.74, 6) is 2.64. The maximum atomic E-state index is 12.9. The average molecular weight is 518 g/mol. The second-order valence-corrected chi connectivity index (χ2v) is 8.51. The summed E-state index contributed by atoms with van der Waals surface area (Å²) in [5.41, 5.74) is 3.03. The fraction of sp³-hybridized carbons (Fsp3) is 0.250. The van der Waals surface area contributed by atoms with Crippen molar-refractivity contribution in [3.05, 3.63) is 83.8 Å². The predicted molar refractivity (Wildman–Crippen MR) is 143 cm³/mol. The minimum absolute atomic E-state index is 0.209. The Bertz CT molecular complexity index is 1380. The Hall–Kier alpha value is -4.73. The Labute approximate surface area is 221 Å². The van der Waals surface area contributed by atoms with Crippen LogP contribution in [0.4, 0.5) is 11.5 Å². The Morgan fingerprint density at radius 1 is 1.03 bits per heavy atom. The van der Waals surface area contributed by atoms with E-state index in [0.717, 1.165) is 16.8 Å². The zero-order valence-corrected chi connectivity index (χ0v) is 22.0. The van der Waals surface area contributed by atoms with Crippen LogP contribution in [-0.4, -0.2) is 42.0 Å². The van der Waals surface area contributed by atoms with Crippen LogP contribution in [0.15, 0.2) is 67.1 Å². The van der Waals surface area contributed by atoms with Gasteiger partial charge in [-0.1, -0.05) is 12.1 Å². The zero-order chi connectivity index (χ0) is 27.1. The van der Waals surface area contributed by atoms with Crippen molar-refractivity contribution in [1.29, 1.82) is 0 Å². The van der Waals surface area contributed by atoms with Crippen LogP contribution >= 0.6 is 0 Å².